The van der Waals surface area contributed by atoms with E-state index in [9.17, 15) is 18.0 Å². The molecule has 1 N–H and O–H groups in total. The van der Waals surface area contributed by atoms with Crippen LogP contribution in [0.4, 0.5) is 13.2 Å². The summed E-state index contributed by atoms with van der Waals surface area (Å²) in [6.07, 6.45) is -3.12. The number of carbonyl (C=O) groups is 1. The predicted molar refractivity (Wildman–Crippen MR) is 89.4 cm³/mol. The van der Waals surface area contributed by atoms with Gasteiger partial charge in [0.15, 0.2) is 12.4 Å². The molecule has 0 saturated carbocycles. The van der Waals surface area contributed by atoms with E-state index in [0.29, 0.717) is 22.3 Å². The van der Waals surface area contributed by atoms with Crippen LogP contribution in [-0.4, -0.2) is 33.5 Å². The number of carbonyl (C=O) groups excluding carboxylic acids is 1. The Balaban J connectivity index is 1.83. The highest BCUT2D eigenvalue weighted by Crippen LogP contribution is 2.27. The molecule has 0 aliphatic carbocycles. The minimum atomic E-state index is -4.44. The molecule has 0 unspecified atom stereocenters. The Morgan fingerprint density at radius 3 is 2.65 bits per heavy atom. The van der Waals surface area contributed by atoms with Gasteiger partial charge in [0.05, 0.1) is 23.1 Å². The van der Waals surface area contributed by atoms with Gasteiger partial charge < -0.3 is 9.72 Å². The van der Waals surface area contributed by atoms with E-state index in [1.54, 1.807) is 26.0 Å². The molecule has 3 rings (SSSR count). The Morgan fingerprint density at radius 2 is 1.96 bits per heavy atom. The van der Waals surface area contributed by atoms with Crippen LogP contribution in [0.3, 0.4) is 0 Å². The van der Waals surface area contributed by atoms with Crippen molar-refractivity contribution >= 4 is 16.8 Å². The summed E-state index contributed by atoms with van der Waals surface area (Å²) in [5.74, 6) is -0.0158. The number of nitrogens with one attached hydrogen (secondary N) is 1. The van der Waals surface area contributed by atoms with Gasteiger partial charge in [-0.25, -0.2) is 4.98 Å². The molecule has 3 aromatic rings. The van der Waals surface area contributed by atoms with Gasteiger partial charge in [-0.1, -0.05) is 12.1 Å². The molecule has 0 amide bonds. The third-order valence-electron chi connectivity index (χ3n) is 3.91. The van der Waals surface area contributed by atoms with Crippen LogP contribution >= 0.6 is 0 Å². The van der Waals surface area contributed by atoms with E-state index in [-0.39, 0.29) is 23.8 Å². The predicted octanol–water partition coefficient (Wildman–Crippen LogP) is 3.94. The molecular formula is C18H16F3N3O2. The monoisotopic (exact) mass is 363 g/mol. The zero-order chi connectivity index (χ0) is 18.9. The highest BCUT2D eigenvalue weighted by atomic mass is 19.4. The summed E-state index contributed by atoms with van der Waals surface area (Å²) in [6.45, 7) is 1.80. The molecule has 26 heavy (non-hydrogen) atoms. The third kappa shape index (κ3) is 3.84. The van der Waals surface area contributed by atoms with Crippen molar-refractivity contribution in [2.75, 3.05) is 6.61 Å². The molecule has 136 valence electrons. The summed E-state index contributed by atoms with van der Waals surface area (Å²) in [5, 5.41) is 0. The molecule has 1 aromatic carbocycles. The van der Waals surface area contributed by atoms with Gasteiger partial charge in [-0.3, -0.25) is 9.78 Å². The molecule has 0 atom stereocenters. The van der Waals surface area contributed by atoms with Gasteiger partial charge in [0.1, 0.15) is 5.75 Å². The largest absolute Gasteiger partial charge is 0.483 e. The Hall–Kier alpha value is -2.90. The fraction of sp³-hybridized carbons (Fsp3) is 0.278. The maximum atomic E-state index is 12.5. The van der Waals surface area contributed by atoms with Crippen molar-refractivity contribution in [1.82, 2.24) is 15.0 Å². The van der Waals surface area contributed by atoms with Crippen molar-refractivity contribution in [3.8, 4) is 5.75 Å². The van der Waals surface area contributed by atoms with Gasteiger partial charge in [0.25, 0.3) is 0 Å². The van der Waals surface area contributed by atoms with Crippen molar-refractivity contribution < 1.29 is 22.7 Å². The maximum absolute atomic E-state index is 12.5. The van der Waals surface area contributed by atoms with Crippen molar-refractivity contribution in [2.24, 2.45) is 0 Å². The summed E-state index contributed by atoms with van der Waals surface area (Å²) in [5.41, 5.74) is 2.65. The second-order valence-electron chi connectivity index (χ2n) is 5.95. The van der Waals surface area contributed by atoms with Crippen LogP contribution in [0.15, 0.2) is 30.5 Å². The average Bonchev–Trinajstić information content (AvgIpc) is 3.00. The van der Waals surface area contributed by atoms with E-state index < -0.39 is 12.8 Å². The van der Waals surface area contributed by atoms with Gasteiger partial charge in [0.2, 0.25) is 5.78 Å². The fourth-order valence-corrected chi connectivity index (χ4v) is 2.63. The zero-order valence-corrected chi connectivity index (χ0v) is 14.1. The van der Waals surface area contributed by atoms with E-state index in [1.807, 2.05) is 12.1 Å². The fourth-order valence-electron chi connectivity index (χ4n) is 2.63. The molecule has 0 fully saturated rings. The van der Waals surface area contributed by atoms with E-state index in [4.69, 9.17) is 4.74 Å². The highest BCUT2D eigenvalue weighted by molar-refractivity contribution is 5.97. The number of alkyl halides is 3. The first-order valence-corrected chi connectivity index (χ1v) is 7.87. The number of Topliss-reactive ketones (excluding diaryl/α,β-unsaturated/α-hetero) is 1. The first-order chi connectivity index (χ1) is 12.2. The third-order valence-corrected chi connectivity index (χ3v) is 3.91. The molecule has 0 saturated heterocycles. The molecule has 0 aliphatic heterocycles. The lowest BCUT2D eigenvalue weighted by molar-refractivity contribution is -0.153. The number of imidazole rings is 1. The van der Waals surface area contributed by atoms with Gasteiger partial charge in [-0.2, -0.15) is 13.2 Å². The minimum absolute atomic E-state index is 0.0890. The summed E-state index contributed by atoms with van der Waals surface area (Å²) >= 11 is 0. The zero-order valence-electron chi connectivity index (χ0n) is 14.1. The quantitative estimate of drug-likeness (QED) is 0.697. The molecule has 2 aromatic heterocycles. The molecule has 8 heteroatoms. The Bertz CT molecular complexity index is 931. The standard InChI is InChI=1S/C18H16F3N3O2/c1-10-8-22-14(11(2)16(10)26-9-18(19,20)21)7-15(25)17-23-12-5-3-4-6-13(12)24-17/h3-6,8H,7,9H2,1-2H3,(H,23,24). The van der Waals surface area contributed by atoms with Crippen LogP contribution in [0.5, 0.6) is 5.75 Å². The first kappa shape index (κ1) is 17.9. The van der Waals surface area contributed by atoms with Crippen LogP contribution in [0, 0.1) is 13.8 Å². The van der Waals surface area contributed by atoms with Crippen molar-refractivity contribution in [3.63, 3.8) is 0 Å². The van der Waals surface area contributed by atoms with E-state index >= 15 is 0 Å². The number of benzene rings is 1. The maximum Gasteiger partial charge on any atom is 0.422 e. The van der Waals surface area contributed by atoms with E-state index in [2.05, 4.69) is 15.0 Å². The number of pyridine rings is 1. The second kappa shape index (κ2) is 6.78. The number of halogens is 3. The number of nitrogens with zero attached hydrogens (tertiary/aromatic N) is 2. The summed E-state index contributed by atoms with van der Waals surface area (Å²) < 4.78 is 42.2. The Morgan fingerprint density at radius 1 is 1.23 bits per heavy atom. The molecule has 0 bridgehead atoms. The Labute approximate surface area is 147 Å². The number of aryl methyl sites for hydroxylation is 1. The number of fused-ring (bicyclic) bond motifs is 1. The number of H-pyrrole nitrogens is 1. The number of rotatable bonds is 5. The van der Waals surface area contributed by atoms with Crippen LogP contribution in [-0.2, 0) is 6.42 Å². The topological polar surface area (TPSA) is 67.9 Å². The lowest BCUT2D eigenvalue weighted by Crippen LogP contribution is -2.20. The number of ether oxygens (including phenoxy) is 1. The van der Waals surface area contributed by atoms with Gasteiger partial charge in [0, 0.05) is 17.3 Å². The lowest BCUT2D eigenvalue weighted by atomic mass is 10.1. The van der Waals surface area contributed by atoms with Crippen molar-refractivity contribution in [1.29, 1.82) is 0 Å². The second-order valence-corrected chi connectivity index (χ2v) is 5.95. The van der Waals surface area contributed by atoms with E-state index in [1.165, 1.54) is 6.20 Å². The SMILES string of the molecule is Cc1cnc(CC(=O)c2nc3ccccc3[nH]2)c(C)c1OCC(F)(F)F. The summed E-state index contributed by atoms with van der Waals surface area (Å²) in [6, 6.07) is 7.22. The summed E-state index contributed by atoms with van der Waals surface area (Å²) in [4.78, 5) is 23.8. The number of aromatic amines is 1. The molecule has 0 radical (unpaired) electrons. The first-order valence-electron chi connectivity index (χ1n) is 7.87. The number of hydrogen-bond donors (Lipinski definition) is 1. The normalized spacial score (nSPS) is 11.7. The molecule has 2 heterocycles. The Kier molecular flexibility index (Phi) is 4.67. The number of para-hydroxylation sites is 2. The number of aromatic nitrogens is 3. The van der Waals surface area contributed by atoms with Crippen LogP contribution in [0.25, 0.3) is 11.0 Å². The van der Waals surface area contributed by atoms with Crippen LogP contribution in [0.1, 0.15) is 27.4 Å². The molecular weight excluding hydrogens is 347 g/mol. The number of ketones is 1. The van der Waals surface area contributed by atoms with Gasteiger partial charge in [-0.05, 0) is 26.0 Å². The van der Waals surface area contributed by atoms with E-state index in [0.717, 1.165) is 5.52 Å². The summed E-state index contributed by atoms with van der Waals surface area (Å²) in [7, 11) is 0. The minimum Gasteiger partial charge on any atom is -0.483 e. The molecule has 5 nitrogen and oxygen atoms in total. The highest BCUT2D eigenvalue weighted by Gasteiger charge is 2.29. The van der Waals surface area contributed by atoms with Crippen molar-refractivity contribution in [2.45, 2.75) is 26.4 Å². The number of hydrogen-bond acceptors (Lipinski definition) is 4. The lowest BCUT2D eigenvalue weighted by Gasteiger charge is -2.15. The van der Waals surface area contributed by atoms with Crippen molar-refractivity contribution in [3.05, 3.63) is 53.1 Å². The average molecular weight is 363 g/mol. The van der Waals surface area contributed by atoms with Crippen LogP contribution in [0.2, 0.25) is 0 Å². The van der Waals surface area contributed by atoms with Crippen LogP contribution < -0.4 is 4.74 Å². The van der Waals surface area contributed by atoms with Gasteiger partial charge >= 0.3 is 6.18 Å². The van der Waals surface area contributed by atoms with Gasteiger partial charge in [-0.15, -0.1) is 0 Å². The smallest absolute Gasteiger partial charge is 0.422 e. The molecule has 0 spiro atoms. The molecule has 0 aliphatic rings.